The lowest BCUT2D eigenvalue weighted by atomic mass is 9.70. The molecule has 1 unspecified atom stereocenters. The Morgan fingerprint density at radius 3 is 2.72 bits per heavy atom. The number of rotatable bonds is 4. The molecule has 8 heteroatoms. The number of para-hydroxylation sites is 1. The number of nitrogens with two attached hydrogens (primary N) is 1. The third kappa shape index (κ3) is 3.38. The standard InChI is InChI=1S/C21H17FN4O2S/c22-13-5-3-6-14(11-13)25-20(28)26-17-8-2-1-7-15(17)21(19(23)27)10-4-9-18-16(21)12-24-29-18/h1-12,24H,(H2,23,27)(H2,25,26,28). The highest BCUT2D eigenvalue weighted by Crippen LogP contribution is 2.47. The fourth-order valence-electron chi connectivity index (χ4n) is 3.45. The molecule has 0 aromatic heterocycles. The van der Waals surface area contributed by atoms with Crippen molar-refractivity contribution < 1.29 is 14.0 Å². The van der Waals surface area contributed by atoms with Crippen LogP contribution in [0.25, 0.3) is 0 Å². The number of fused-ring (bicyclic) bond motifs is 1. The van der Waals surface area contributed by atoms with Gasteiger partial charge in [0.25, 0.3) is 0 Å². The van der Waals surface area contributed by atoms with Crippen LogP contribution in [-0.2, 0) is 10.2 Å². The number of hydrogen-bond donors (Lipinski definition) is 4. The van der Waals surface area contributed by atoms with Crippen molar-refractivity contribution in [3.05, 3.63) is 94.8 Å². The van der Waals surface area contributed by atoms with Gasteiger partial charge in [-0.25, -0.2) is 9.18 Å². The number of amides is 3. The number of anilines is 2. The smallest absolute Gasteiger partial charge is 0.323 e. The summed E-state index contributed by atoms with van der Waals surface area (Å²) in [5, 5.41) is 5.33. The number of carbonyl (C=O) groups is 2. The molecule has 0 bridgehead atoms. The van der Waals surface area contributed by atoms with Crippen LogP contribution in [-0.4, -0.2) is 11.9 Å². The molecule has 5 N–H and O–H groups in total. The van der Waals surface area contributed by atoms with Gasteiger partial charge in [0.1, 0.15) is 11.2 Å². The highest BCUT2D eigenvalue weighted by molar-refractivity contribution is 8.01. The zero-order chi connectivity index (χ0) is 20.4. The monoisotopic (exact) mass is 408 g/mol. The first-order valence-electron chi connectivity index (χ1n) is 8.76. The van der Waals surface area contributed by atoms with Crippen LogP contribution >= 0.6 is 11.9 Å². The van der Waals surface area contributed by atoms with Gasteiger partial charge >= 0.3 is 6.03 Å². The van der Waals surface area contributed by atoms with Gasteiger partial charge in [0.05, 0.1) is 0 Å². The molecule has 0 saturated heterocycles. The molecular formula is C21H17FN4O2S. The van der Waals surface area contributed by atoms with Crippen LogP contribution in [0, 0.1) is 5.82 Å². The van der Waals surface area contributed by atoms with Crippen LogP contribution in [0.1, 0.15) is 5.56 Å². The molecule has 6 nitrogen and oxygen atoms in total. The van der Waals surface area contributed by atoms with Crippen molar-refractivity contribution >= 4 is 35.3 Å². The number of hydrogen-bond acceptors (Lipinski definition) is 4. The van der Waals surface area contributed by atoms with Crippen LogP contribution < -0.4 is 21.1 Å². The second-order valence-electron chi connectivity index (χ2n) is 6.48. The molecule has 146 valence electrons. The fourth-order valence-corrected chi connectivity index (χ4v) is 4.23. The number of halogens is 1. The second kappa shape index (κ2) is 7.48. The summed E-state index contributed by atoms with van der Waals surface area (Å²) in [6.45, 7) is 0. The minimum atomic E-state index is -1.23. The molecule has 3 amide bonds. The average Bonchev–Trinajstić information content (AvgIpc) is 3.17. The van der Waals surface area contributed by atoms with Crippen LogP contribution in [0.4, 0.5) is 20.6 Å². The Labute approximate surface area is 170 Å². The first kappa shape index (κ1) is 18.8. The quantitative estimate of drug-likeness (QED) is 0.579. The Bertz CT molecular complexity index is 1100. The minimum absolute atomic E-state index is 0.312. The van der Waals surface area contributed by atoms with Gasteiger partial charge in [-0.1, -0.05) is 36.4 Å². The normalized spacial score (nSPS) is 19.5. The van der Waals surface area contributed by atoms with Gasteiger partial charge < -0.3 is 21.1 Å². The van der Waals surface area contributed by atoms with Crippen molar-refractivity contribution in [3.63, 3.8) is 0 Å². The lowest BCUT2D eigenvalue weighted by molar-refractivity contribution is -0.120. The van der Waals surface area contributed by atoms with E-state index in [0.717, 1.165) is 10.5 Å². The molecule has 0 fully saturated rings. The Morgan fingerprint density at radius 1 is 1.10 bits per heavy atom. The summed E-state index contributed by atoms with van der Waals surface area (Å²) < 4.78 is 16.4. The molecule has 1 heterocycles. The van der Waals surface area contributed by atoms with Gasteiger partial charge in [-0.05, 0) is 47.9 Å². The molecule has 0 spiro atoms. The Morgan fingerprint density at radius 2 is 1.93 bits per heavy atom. The largest absolute Gasteiger partial charge is 0.368 e. The molecule has 2 aromatic rings. The molecular weight excluding hydrogens is 391 g/mol. The van der Waals surface area contributed by atoms with E-state index in [9.17, 15) is 14.0 Å². The molecule has 29 heavy (non-hydrogen) atoms. The van der Waals surface area contributed by atoms with Gasteiger partial charge in [0.2, 0.25) is 5.91 Å². The van der Waals surface area contributed by atoms with E-state index in [4.69, 9.17) is 5.73 Å². The number of allylic oxidation sites excluding steroid dienone is 3. The molecule has 4 rings (SSSR count). The molecule has 0 radical (unpaired) electrons. The van der Waals surface area contributed by atoms with Crippen molar-refractivity contribution in [2.45, 2.75) is 5.41 Å². The van der Waals surface area contributed by atoms with E-state index in [1.165, 1.54) is 30.1 Å². The van der Waals surface area contributed by atoms with Crippen molar-refractivity contribution in [3.8, 4) is 0 Å². The van der Waals surface area contributed by atoms with Crippen LogP contribution in [0.15, 0.2) is 83.4 Å². The highest BCUT2D eigenvalue weighted by atomic mass is 32.2. The van der Waals surface area contributed by atoms with E-state index in [1.807, 2.05) is 6.08 Å². The number of benzene rings is 2. The molecule has 1 atom stereocenters. The van der Waals surface area contributed by atoms with Crippen LogP contribution in [0.2, 0.25) is 0 Å². The zero-order valence-electron chi connectivity index (χ0n) is 15.1. The van der Waals surface area contributed by atoms with Crippen molar-refractivity contribution in [2.24, 2.45) is 5.73 Å². The van der Waals surface area contributed by atoms with E-state index in [-0.39, 0.29) is 0 Å². The van der Waals surface area contributed by atoms with Crippen LogP contribution in [0.3, 0.4) is 0 Å². The molecule has 0 saturated carbocycles. The predicted octanol–water partition coefficient (Wildman–Crippen LogP) is 3.78. The molecule has 2 aliphatic rings. The maximum Gasteiger partial charge on any atom is 0.323 e. The fraction of sp³-hybridized carbons (Fsp3) is 0.0476. The summed E-state index contributed by atoms with van der Waals surface area (Å²) in [4.78, 5) is 26.1. The summed E-state index contributed by atoms with van der Waals surface area (Å²) in [6.07, 6.45) is 7.14. The molecule has 2 aromatic carbocycles. The second-order valence-corrected chi connectivity index (χ2v) is 7.35. The van der Waals surface area contributed by atoms with Crippen LogP contribution in [0.5, 0.6) is 0 Å². The van der Waals surface area contributed by atoms with Gasteiger partial charge in [0.15, 0.2) is 0 Å². The molecule has 1 aliphatic carbocycles. The van der Waals surface area contributed by atoms with Gasteiger partial charge in [-0.15, -0.1) is 0 Å². The Kier molecular flexibility index (Phi) is 4.85. The Balaban J connectivity index is 1.69. The summed E-state index contributed by atoms with van der Waals surface area (Å²) in [6, 6.07) is 12.0. The van der Waals surface area contributed by atoms with E-state index in [0.29, 0.717) is 16.9 Å². The molecule has 1 aliphatic heterocycles. The lowest BCUT2D eigenvalue weighted by Crippen LogP contribution is -2.43. The van der Waals surface area contributed by atoms with E-state index < -0.39 is 23.2 Å². The summed E-state index contributed by atoms with van der Waals surface area (Å²) in [5.41, 5.74) is 6.62. The third-order valence-electron chi connectivity index (χ3n) is 4.73. The van der Waals surface area contributed by atoms with E-state index in [1.54, 1.807) is 48.7 Å². The first-order chi connectivity index (χ1) is 14.0. The summed E-state index contributed by atoms with van der Waals surface area (Å²) in [5.74, 6) is -1.02. The topological polar surface area (TPSA) is 96.2 Å². The van der Waals surface area contributed by atoms with Crippen molar-refractivity contribution in [1.29, 1.82) is 0 Å². The number of nitrogens with one attached hydrogen (secondary N) is 3. The zero-order valence-corrected chi connectivity index (χ0v) is 15.9. The minimum Gasteiger partial charge on any atom is -0.368 e. The van der Waals surface area contributed by atoms with Gasteiger partial charge in [-0.3, -0.25) is 4.79 Å². The van der Waals surface area contributed by atoms with Crippen molar-refractivity contribution in [1.82, 2.24) is 4.72 Å². The lowest BCUT2D eigenvalue weighted by Gasteiger charge is -2.33. The number of primary amides is 1. The maximum absolute atomic E-state index is 13.4. The van der Waals surface area contributed by atoms with Crippen molar-refractivity contribution in [2.75, 3.05) is 10.6 Å². The van der Waals surface area contributed by atoms with E-state index in [2.05, 4.69) is 15.4 Å². The third-order valence-corrected chi connectivity index (χ3v) is 5.54. The average molecular weight is 408 g/mol. The predicted molar refractivity (Wildman–Crippen MR) is 112 cm³/mol. The summed E-state index contributed by atoms with van der Waals surface area (Å²) in [7, 11) is 0. The number of urea groups is 1. The first-order valence-corrected chi connectivity index (χ1v) is 9.58. The highest BCUT2D eigenvalue weighted by Gasteiger charge is 2.45. The van der Waals surface area contributed by atoms with E-state index >= 15 is 0 Å². The SMILES string of the molecule is NC(=O)C1(c2ccccc2NC(=O)Nc2cccc(F)c2)C=CC=C2SNC=C21. The van der Waals surface area contributed by atoms with Gasteiger partial charge in [-0.2, -0.15) is 0 Å². The maximum atomic E-state index is 13.4. The van der Waals surface area contributed by atoms with Gasteiger partial charge in [0, 0.05) is 28.1 Å². The Hall–Kier alpha value is -3.52. The number of carbonyl (C=O) groups excluding carboxylic acids is 2. The summed E-state index contributed by atoms with van der Waals surface area (Å²) >= 11 is 1.39.